The van der Waals surface area contributed by atoms with Crippen LogP contribution in [0.4, 0.5) is 11.4 Å². The Morgan fingerprint density at radius 1 is 1.11 bits per heavy atom. The number of aryl methyl sites for hydroxylation is 1. The topological polar surface area (TPSA) is 37.8 Å². The maximum absolute atomic E-state index is 4.54. The molecule has 0 fully saturated rings. The molecule has 0 aliphatic carbocycles. The van der Waals surface area contributed by atoms with Gasteiger partial charge in [0.1, 0.15) is 0 Å². The Hall–Kier alpha value is -1.94. The minimum Gasteiger partial charge on any atom is -0.354 e. The normalized spacial score (nSPS) is 10.6. The standard InChI is InChI=1S/C15H12BrN3/c1-10-8-15(11-4-2-3-5-13(11)18-10)19-14-6-7-17-9-12(14)16/h2-9H,1H3,(H,17,18,19). The highest BCUT2D eigenvalue weighted by molar-refractivity contribution is 9.10. The minimum absolute atomic E-state index is 0.938. The molecule has 19 heavy (non-hydrogen) atoms. The van der Waals surface area contributed by atoms with Crippen LogP contribution in [0.5, 0.6) is 0 Å². The lowest BCUT2D eigenvalue weighted by Crippen LogP contribution is -1.95. The Morgan fingerprint density at radius 3 is 2.79 bits per heavy atom. The Bertz CT molecular complexity index is 740. The molecule has 3 aromatic rings. The fourth-order valence-corrected chi connectivity index (χ4v) is 2.38. The summed E-state index contributed by atoms with van der Waals surface area (Å²) in [5, 5.41) is 4.54. The molecule has 94 valence electrons. The number of hydrogen-bond acceptors (Lipinski definition) is 3. The number of aromatic nitrogens is 2. The van der Waals surface area contributed by atoms with Crippen molar-refractivity contribution < 1.29 is 0 Å². The van der Waals surface area contributed by atoms with Gasteiger partial charge < -0.3 is 5.32 Å². The zero-order valence-electron chi connectivity index (χ0n) is 10.4. The van der Waals surface area contributed by atoms with E-state index in [2.05, 4.69) is 43.3 Å². The van der Waals surface area contributed by atoms with Gasteiger partial charge >= 0.3 is 0 Å². The van der Waals surface area contributed by atoms with Gasteiger partial charge in [-0.2, -0.15) is 0 Å². The van der Waals surface area contributed by atoms with Gasteiger partial charge in [0.2, 0.25) is 0 Å². The summed E-state index contributed by atoms with van der Waals surface area (Å²) in [6.07, 6.45) is 3.54. The van der Waals surface area contributed by atoms with Gasteiger partial charge in [0.15, 0.2) is 0 Å². The average molecular weight is 314 g/mol. The monoisotopic (exact) mass is 313 g/mol. The van der Waals surface area contributed by atoms with Gasteiger partial charge in [-0.1, -0.05) is 18.2 Å². The van der Waals surface area contributed by atoms with Gasteiger partial charge in [-0.15, -0.1) is 0 Å². The second-order valence-electron chi connectivity index (χ2n) is 4.31. The lowest BCUT2D eigenvalue weighted by atomic mass is 10.1. The van der Waals surface area contributed by atoms with Crippen molar-refractivity contribution in [2.45, 2.75) is 6.92 Å². The number of para-hydroxylation sites is 1. The second kappa shape index (κ2) is 4.97. The van der Waals surface area contributed by atoms with Crippen molar-refractivity contribution in [3.8, 4) is 0 Å². The van der Waals surface area contributed by atoms with Crippen LogP contribution in [0.3, 0.4) is 0 Å². The highest BCUT2D eigenvalue weighted by atomic mass is 79.9. The number of nitrogens with zero attached hydrogens (tertiary/aromatic N) is 2. The Kier molecular flexibility index (Phi) is 3.17. The SMILES string of the molecule is Cc1cc(Nc2ccncc2Br)c2ccccc2n1. The van der Waals surface area contributed by atoms with Crippen LogP contribution in [-0.4, -0.2) is 9.97 Å². The van der Waals surface area contributed by atoms with Crippen LogP contribution < -0.4 is 5.32 Å². The summed E-state index contributed by atoms with van der Waals surface area (Å²) in [6.45, 7) is 2.00. The summed E-state index contributed by atoms with van der Waals surface area (Å²) in [5.41, 5.74) is 4.03. The van der Waals surface area contributed by atoms with E-state index < -0.39 is 0 Å². The summed E-state index contributed by atoms with van der Waals surface area (Å²) in [7, 11) is 0. The van der Waals surface area contributed by atoms with E-state index in [0.29, 0.717) is 0 Å². The van der Waals surface area contributed by atoms with Crippen molar-refractivity contribution in [1.29, 1.82) is 0 Å². The van der Waals surface area contributed by atoms with E-state index in [0.717, 1.165) is 32.4 Å². The van der Waals surface area contributed by atoms with Gasteiger partial charge in [0.25, 0.3) is 0 Å². The number of fused-ring (bicyclic) bond motifs is 1. The molecule has 0 atom stereocenters. The molecule has 4 heteroatoms. The van der Waals surface area contributed by atoms with Crippen LogP contribution in [0.2, 0.25) is 0 Å². The summed E-state index contributed by atoms with van der Waals surface area (Å²) < 4.78 is 0.938. The minimum atomic E-state index is 0.938. The Labute approximate surface area is 119 Å². The number of pyridine rings is 2. The molecule has 0 radical (unpaired) electrons. The van der Waals surface area contributed by atoms with E-state index in [1.165, 1.54) is 0 Å². The predicted octanol–water partition coefficient (Wildman–Crippen LogP) is 4.44. The van der Waals surface area contributed by atoms with Crippen molar-refractivity contribution in [3.63, 3.8) is 0 Å². The molecule has 3 nitrogen and oxygen atoms in total. The van der Waals surface area contributed by atoms with E-state index in [1.54, 1.807) is 12.4 Å². The molecular formula is C15H12BrN3. The van der Waals surface area contributed by atoms with Crippen molar-refractivity contribution in [2.75, 3.05) is 5.32 Å². The second-order valence-corrected chi connectivity index (χ2v) is 5.16. The van der Waals surface area contributed by atoms with Crippen LogP contribution in [0.1, 0.15) is 5.69 Å². The number of benzene rings is 1. The molecule has 1 N–H and O–H groups in total. The van der Waals surface area contributed by atoms with Crippen molar-refractivity contribution in [1.82, 2.24) is 9.97 Å². The Morgan fingerprint density at radius 2 is 1.95 bits per heavy atom. The van der Waals surface area contributed by atoms with Gasteiger partial charge in [0.05, 0.1) is 15.7 Å². The van der Waals surface area contributed by atoms with E-state index in [-0.39, 0.29) is 0 Å². The lowest BCUT2D eigenvalue weighted by molar-refractivity contribution is 1.25. The van der Waals surface area contributed by atoms with E-state index in [4.69, 9.17) is 0 Å². The molecule has 2 heterocycles. The molecular weight excluding hydrogens is 302 g/mol. The third kappa shape index (κ3) is 2.44. The van der Waals surface area contributed by atoms with Crippen molar-refractivity contribution >= 4 is 38.2 Å². The fourth-order valence-electron chi connectivity index (χ4n) is 2.03. The highest BCUT2D eigenvalue weighted by Crippen LogP contribution is 2.29. The van der Waals surface area contributed by atoms with E-state index in [9.17, 15) is 0 Å². The maximum atomic E-state index is 4.54. The zero-order chi connectivity index (χ0) is 13.2. The van der Waals surface area contributed by atoms with Crippen LogP contribution >= 0.6 is 15.9 Å². The van der Waals surface area contributed by atoms with Crippen molar-refractivity contribution in [2.24, 2.45) is 0 Å². The molecule has 0 aliphatic rings. The molecule has 3 rings (SSSR count). The average Bonchev–Trinajstić information content (AvgIpc) is 2.41. The first-order chi connectivity index (χ1) is 9.24. The molecule has 1 aromatic carbocycles. The van der Waals surface area contributed by atoms with E-state index in [1.807, 2.05) is 31.2 Å². The maximum Gasteiger partial charge on any atom is 0.0726 e. The molecule has 0 saturated heterocycles. The number of anilines is 2. The number of halogens is 1. The third-order valence-corrected chi connectivity index (χ3v) is 3.52. The van der Waals surface area contributed by atoms with Crippen molar-refractivity contribution in [3.05, 3.63) is 59.0 Å². The zero-order valence-corrected chi connectivity index (χ0v) is 12.0. The Balaban J connectivity index is 2.13. The first-order valence-corrected chi connectivity index (χ1v) is 6.76. The van der Waals surface area contributed by atoms with Gasteiger partial charge in [-0.05, 0) is 41.1 Å². The first-order valence-electron chi connectivity index (χ1n) is 5.97. The number of hydrogen-bond donors (Lipinski definition) is 1. The summed E-state index contributed by atoms with van der Waals surface area (Å²) in [5.74, 6) is 0. The number of rotatable bonds is 2. The smallest absolute Gasteiger partial charge is 0.0726 e. The van der Waals surface area contributed by atoms with Crippen LogP contribution in [0.25, 0.3) is 10.9 Å². The molecule has 0 bridgehead atoms. The summed E-state index contributed by atoms with van der Waals surface area (Å²) in [6, 6.07) is 12.1. The molecule has 2 aromatic heterocycles. The van der Waals surface area contributed by atoms with Crippen LogP contribution in [-0.2, 0) is 0 Å². The number of nitrogens with one attached hydrogen (secondary N) is 1. The molecule has 0 amide bonds. The summed E-state index contributed by atoms with van der Waals surface area (Å²) in [4.78, 5) is 8.60. The first kappa shape index (κ1) is 12.1. The lowest BCUT2D eigenvalue weighted by Gasteiger charge is -2.11. The van der Waals surface area contributed by atoms with E-state index >= 15 is 0 Å². The van der Waals surface area contributed by atoms with Crippen LogP contribution in [0, 0.1) is 6.92 Å². The van der Waals surface area contributed by atoms with Gasteiger partial charge in [0, 0.05) is 29.2 Å². The predicted molar refractivity (Wildman–Crippen MR) is 81.7 cm³/mol. The third-order valence-electron chi connectivity index (χ3n) is 2.89. The molecule has 0 unspecified atom stereocenters. The van der Waals surface area contributed by atoms with Gasteiger partial charge in [-0.25, -0.2) is 0 Å². The van der Waals surface area contributed by atoms with Crippen LogP contribution in [0.15, 0.2) is 53.3 Å². The fraction of sp³-hybridized carbons (Fsp3) is 0.0667. The largest absolute Gasteiger partial charge is 0.354 e. The quantitative estimate of drug-likeness (QED) is 0.759. The summed E-state index contributed by atoms with van der Waals surface area (Å²) >= 11 is 3.50. The highest BCUT2D eigenvalue weighted by Gasteiger charge is 2.05. The molecule has 0 aliphatic heterocycles. The molecule has 0 spiro atoms. The van der Waals surface area contributed by atoms with Gasteiger partial charge in [-0.3, -0.25) is 9.97 Å². The molecule has 0 saturated carbocycles.